The van der Waals surface area contributed by atoms with Gasteiger partial charge in [0, 0.05) is 48.8 Å². The van der Waals surface area contributed by atoms with Gasteiger partial charge in [0.15, 0.2) is 0 Å². The molecule has 2 N–H and O–H groups in total. The van der Waals surface area contributed by atoms with E-state index in [4.69, 9.17) is 4.74 Å². The average molecular weight is 396 g/mol. The molecule has 7 heteroatoms. The SMILES string of the molecule is CCOC(=O)Nc1ccc(C(=O)Nc2ccc(N3CCN(C)CC3)cc2C)cc1. The van der Waals surface area contributed by atoms with Gasteiger partial charge in [0.05, 0.1) is 6.61 Å². The molecule has 29 heavy (non-hydrogen) atoms. The Morgan fingerprint density at radius 1 is 1.00 bits per heavy atom. The highest BCUT2D eigenvalue weighted by Crippen LogP contribution is 2.24. The molecular weight excluding hydrogens is 368 g/mol. The van der Waals surface area contributed by atoms with Crippen molar-refractivity contribution in [1.82, 2.24) is 4.90 Å². The van der Waals surface area contributed by atoms with E-state index in [0.717, 1.165) is 37.4 Å². The third-order valence-electron chi connectivity index (χ3n) is 5.00. The van der Waals surface area contributed by atoms with Gasteiger partial charge >= 0.3 is 6.09 Å². The molecule has 0 aliphatic carbocycles. The molecule has 0 unspecified atom stereocenters. The highest BCUT2D eigenvalue weighted by molar-refractivity contribution is 6.05. The van der Waals surface area contributed by atoms with Gasteiger partial charge in [-0.1, -0.05) is 0 Å². The molecule has 0 bridgehead atoms. The number of nitrogens with zero attached hydrogens (tertiary/aromatic N) is 2. The first kappa shape index (κ1) is 20.7. The number of aryl methyl sites for hydroxylation is 1. The van der Waals surface area contributed by atoms with Gasteiger partial charge < -0.3 is 19.9 Å². The number of anilines is 3. The second kappa shape index (κ2) is 9.43. The number of amides is 2. The normalized spacial score (nSPS) is 14.4. The van der Waals surface area contributed by atoms with E-state index in [9.17, 15) is 9.59 Å². The maximum atomic E-state index is 12.6. The first-order chi connectivity index (χ1) is 14.0. The Morgan fingerprint density at radius 3 is 2.31 bits per heavy atom. The highest BCUT2D eigenvalue weighted by Gasteiger charge is 2.15. The second-order valence-electron chi connectivity index (χ2n) is 7.17. The Labute approximate surface area is 171 Å². The Balaban J connectivity index is 1.62. The van der Waals surface area contributed by atoms with Gasteiger partial charge in [0.1, 0.15) is 0 Å². The summed E-state index contributed by atoms with van der Waals surface area (Å²) >= 11 is 0. The molecule has 1 saturated heterocycles. The smallest absolute Gasteiger partial charge is 0.411 e. The maximum absolute atomic E-state index is 12.6. The fourth-order valence-electron chi connectivity index (χ4n) is 3.23. The number of likely N-dealkylation sites (N-methyl/N-ethyl adjacent to an activating group) is 1. The minimum absolute atomic E-state index is 0.192. The number of ether oxygens (including phenoxy) is 1. The summed E-state index contributed by atoms with van der Waals surface area (Å²) in [6.07, 6.45) is -0.513. The number of piperazine rings is 1. The van der Waals surface area contributed by atoms with Gasteiger partial charge in [-0.25, -0.2) is 4.79 Å². The zero-order valence-corrected chi connectivity index (χ0v) is 17.2. The molecule has 0 atom stereocenters. The summed E-state index contributed by atoms with van der Waals surface area (Å²) in [7, 11) is 2.14. The Hall–Kier alpha value is -3.06. The molecule has 0 spiro atoms. The lowest BCUT2D eigenvalue weighted by atomic mass is 10.1. The average Bonchev–Trinajstić information content (AvgIpc) is 2.71. The summed E-state index contributed by atoms with van der Waals surface area (Å²) in [5.41, 5.74) is 4.09. The van der Waals surface area contributed by atoms with Crippen molar-refractivity contribution in [2.75, 3.05) is 55.4 Å². The van der Waals surface area contributed by atoms with Crippen LogP contribution in [0.5, 0.6) is 0 Å². The van der Waals surface area contributed by atoms with Crippen molar-refractivity contribution < 1.29 is 14.3 Å². The van der Waals surface area contributed by atoms with Crippen molar-refractivity contribution >= 4 is 29.1 Å². The molecule has 2 aromatic rings. The topological polar surface area (TPSA) is 73.9 Å². The van der Waals surface area contributed by atoms with Gasteiger partial charge in [-0.2, -0.15) is 0 Å². The van der Waals surface area contributed by atoms with Gasteiger partial charge in [0.25, 0.3) is 5.91 Å². The molecule has 0 saturated carbocycles. The Morgan fingerprint density at radius 2 is 1.69 bits per heavy atom. The maximum Gasteiger partial charge on any atom is 0.411 e. The summed E-state index contributed by atoms with van der Waals surface area (Å²) in [6.45, 7) is 8.17. The second-order valence-corrected chi connectivity index (χ2v) is 7.17. The lowest BCUT2D eigenvalue weighted by molar-refractivity contribution is 0.102. The number of nitrogens with one attached hydrogen (secondary N) is 2. The molecule has 1 aliphatic heterocycles. The quantitative estimate of drug-likeness (QED) is 0.808. The number of hydrogen-bond acceptors (Lipinski definition) is 5. The summed E-state index contributed by atoms with van der Waals surface area (Å²) in [5.74, 6) is -0.192. The predicted octanol–water partition coefficient (Wildman–Crippen LogP) is 3.57. The fraction of sp³-hybridized carbons (Fsp3) is 0.364. The molecule has 154 valence electrons. The summed E-state index contributed by atoms with van der Waals surface area (Å²) < 4.78 is 4.84. The first-order valence-corrected chi connectivity index (χ1v) is 9.85. The van der Waals surface area contributed by atoms with E-state index in [1.165, 1.54) is 5.69 Å². The molecule has 0 radical (unpaired) electrons. The number of carbonyl (C=O) groups is 2. The molecule has 2 amide bonds. The lowest BCUT2D eigenvalue weighted by Crippen LogP contribution is -2.44. The van der Waals surface area contributed by atoms with Crippen LogP contribution in [0.3, 0.4) is 0 Å². The van der Waals surface area contributed by atoms with Crippen LogP contribution in [0.2, 0.25) is 0 Å². The molecule has 1 heterocycles. The van der Waals surface area contributed by atoms with Crippen LogP contribution in [0.25, 0.3) is 0 Å². The van der Waals surface area contributed by atoms with E-state index in [1.807, 2.05) is 13.0 Å². The van der Waals surface area contributed by atoms with Crippen LogP contribution >= 0.6 is 0 Å². The first-order valence-electron chi connectivity index (χ1n) is 9.85. The number of benzene rings is 2. The van der Waals surface area contributed by atoms with Crippen LogP contribution < -0.4 is 15.5 Å². The largest absolute Gasteiger partial charge is 0.450 e. The third-order valence-corrected chi connectivity index (χ3v) is 5.00. The standard InChI is InChI=1S/C22H28N4O3/c1-4-29-22(28)23-18-7-5-17(6-8-18)21(27)24-20-10-9-19(15-16(20)2)26-13-11-25(3)12-14-26/h5-10,15H,4,11-14H2,1-3H3,(H,23,28)(H,24,27). The molecule has 1 fully saturated rings. The molecule has 1 aliphatic rings. The van der Waals surface area contributed by atoms with Crippen LogP contribution in [0.4, 0.5) is 21.9 Å². The monoisotopic (exact) mass is 396 g/mol. The highest BCUT2D eigenvalue weighted by atomic mass is 16.5. The number of hydrogen-bond donors (Lipinski definition) is 2. The van der Waals surface area contributed by atoms with E-state index in [1.54, 1.807) is 31.2 Å². The van der Waals surface area contributed by atoms with Crippen LogP contribution in [0, 0.1) is 6.92 Å². The minimum atomic E-state index is -0.513. The predicted molar refractivity (Wildman–Crippen MR) is 116 cm³/mol. The zero-order chi connectivity index (χ0) is 20.8. The summed E-state index contributed by atoms with van der Waals surface area (Å²) in [6, 6.07) is 12.8. The third kappa shape index (κ3) is 5.48. The van der Waals surface area contributed by atoms with E-state index >= 15 is 0 Å². The summed E-state index contributed by atoms with van der Waals surface area (Å²) in [4.78, 5) is 28.7. The molecule has 3 rings (SSSR count). The van der Waals surface area contributed by atoms with Crippen molar-refractivity contribution in [2.45, 2.75) is 13.8 Å². The number of rotatable bonds is 5. The summed E-state index contributed by atoms with van der Waals surface area (Å²) in [5, 5.41) is 5.57. The van der Waals surface area contributed by atoms with Crippen molar-refractivity contribution in [3.63, 3.8) is 0 Å². The van der Waals surface area contributed by atoms with Crippen LogP contribution in [-0.4, -0.2) is 56.7 Å². The number of carbonyl (C=O) groups excluding carboxylic acids is 2. The molecule has 2 aromatic carbocycles. The minimum Gasteiger partial charge on any atom is -0.450 e. The van der Waals surface area contributed by atoms with E-state index in [2.05, 4.69) is 39.6 Å². The van der Waals surface area contributed by atoms with Crippen LogP contribution in [0.15, 0.2) is 42.5 Å². The Bertz CT molecular complexity index is 859. The van der Waals surface area contributed by atoms with Crippen molar-refractivity contribution in [3.8, 4) is 0 Å². The van der Waals surface area contributed by atoms with E-state index in [0.29, 0.717) is 17.9 Å². The molecular formula is C22H28N4O3. The lowest BCUT2D eigenvalue weighted by Gasteiger charge is -2.34. The van der Waals surface area contributed by atoms with Gasteiger partial charge in [-0.05, 0) is 68.9 Å². The van der Waals surface area contributed by atoms with Crippen molar-refractivity contribution in [2.24, 2.45) is 0 Å². The van der Waals surface area contributed by atoms with E-state index in [-0.39, 0.29) is 5.91 Å². The van der Waals surface area contributed by atoms with Crippen molar-refractivity contribution in [1.29, 1.82) is 0 Å². The molecule has 7 nitrogen and oxygen atoms in total. The zero-order valence-electron chi connectivity index (χ0n) is 17.2. The van der Waals surface area contributed by atoms with Gasteiger partial charge in [0.2, 0.25) is 0 Å². The van der Waals surface area contributed by atoms with E-state index < -0.39 is 6.09 Å². The van der Waals surface area contributed by atoms with Gasteiger partial charge in [-0.15, -0.1) is 0 Å². The fourth-order valence-corrected chi connectivity index (χ4v) is 3.23. The molecule has 0 aromatic heterocycles. The van der Waals surface area contributed by atoms with Crippen LogP contribution in [0.1, 0.15) is 22.8 Å². The van der Waals surface area contributed by atoms with Crippen LogP contribution in [-0.2, 0) is 4.74 Å². The van der Waals surface area contributed by atoms with Gasteiger partial charge in [-0.3, -0.25) is 10.1 Å². The Kier molecular flexibility index (Phi) is 6.72. The van der Waals surface area contributed by atoms with Crippen molar-refractivity contribution in [3.05, 3.63) is 53.6 Å².